The van der Waals surface area contributed by atoms with Crippen molar-refractivity contribution in [3.05, 3.63) is 66.0 Å². The van der Waals surface area contributed by atoms with Gasteiger partial charge in [-0.3, -0.25) is 4.79 Å². The van der Waals surface area contributed by atoms with E-state index in [2.05, 4.69) is 10.5 Å². The van der Waals surface area contributed by atoms with Crippen molar-refractivity contribution in [3.63, 3.8) is 0 Å². The Morgan fingerprint density at radius 3 is 2.48 bits per heavy atom. The molecule has 0 fully saturated rings. The molecular formula is C16H15FN2OS. The molecule has 0 saturated heterocycles. The van der Waals surface area contributed by atoms with E-state index in [1.807, 2.05) is 30.3 Å². The van der Waals surface area contributed by atoms with Gasteiger partial charge >= 0.3 is 0 Å². The van der Waals surface area contributed by atoms with Gasteiger partial charge in [0.15, 0.2) is 0 Å². The van der Waals surface area contributed by atoms with Crippen LogP contribution >= 0.6 is 11.8 Å². The molecule has 2 aromatic rings. The highest BCUT2D eigenvalue weighted by Crippen LogP contribution is 2.16. The second kappa shape index (κ2) is 7.59. The molecule has 0 saturated carbocycles. The van der Waals surface area contributed by atoms with Gasteiger partial charge in [0.1, 0.15) is 5.82 Å². The molecule has 0 aliphatic rings. The second-order valence-corrected chi connectivity index (χ2v) is 5.39. The van der Waals surface area contributed by atoms with Gasteiger partial charge in [-0.05, 0) is 36.8 Å². The smallest absolute Gasteiger partial charge is 0.250 e. The average Bonchev–Trinajstić information content (AvgIpc) is 2.52. The Hall–Kier alpha value is -2.14. The topological polar surface area (TPSA) is 41.5 Å². The predicted octanol–water partition coefficient (Wildman–Crippen LogP) is 3.46. The van der Waals surface area contributed by atoms with Gasteiger partial charge < -0.3 is 0 Å². The van der Waals surface area contributed by atoms with Crippen LogP contribution in [0.25, 0.3) is 0 Å². The fraction of sp³-hybridized carbons (Fsp3) is 0.125. The normalized spacial score (nSPS) is 11.2. The zero-order chi connectivity index (χ0) is 15.1. The van der Waals surface area contributed by atoms with Crippen molar-refractivity contribution in [1.82, 2.24) is 5.43 Å². The van der Waals surface area contributed by atoms with Crippen LogP contribution in [0.3, 0.4) is 0 Å². The zero-order valence-corrected chi connectivity index (χ0v) is 12.4. The van der Waals surface area contributed by atoms with E-state index in [1.165, 1.54) is 23.9 Å². The van der Waals surface area contributed by atoms with Crippen LogP contribution in [0, 0.1) is 5.82 Å². The third-order valence-corrected chi connectivity index (χ3v) is 3.74. The maximum absolute atomic E-state index is 12.8. The number of halogens is 1. The molecule has 0 spiro atoms. The molecule has 2 aromatic carbocycles. The van der Waals surface area contributed by atoms with Crippen LogP contribution in [0.5, 0.6) is 0 Å². The lowest BCUT2D eigenvalue weighted by Crippen LogP contribution is -2.21. The summed E-state index contributed by atoms with van der Waals surface area (Å²) in [4.78, 5) is 12.7. The Morgan fingerprint density at radius 1 is 1.14 bits per heavy atom. The van der Waals surface area contributed by atoms with Gasteiger partial charge in [-0.1, -0.05) is 30.3 Å². The molecule has 5 heteroatoms. The van der Waals surface area contributed by atoms with Crippen molar-refractivity contribution in [1.29, 1.82) is 0 Å². The van der Waals surface area contributed by atoms with Crippen molar-refractivity contribution in [2.75, 3.05) is 5.75 Å². The molecule has 21 heavy (non-hydrogen) atoms. The highest BCUT2D eigenvalue weighted by Gasteiger charge is 2.03. The van der Waals surface area contributed by atoms with E-state index < -0.39 is 0 Å². The number of amides is 1. The Labute approximate surface area is 127 Å². The van der Waals surface area contributed by atoms with E-state index in [0.717, 1.165) is 10.5 Å². The first-order chi connectivity index (χ1) is 10.1. The van der Waals surface area contributed by atoms with E-state index in [4.69, 9.17) is 0 Å². The van der Waals surface area contributed by atoms with Crippen LogP contribution in [0.4, 0.5) is 4.39 Å². The standard InChI is InChI=1S/C16H15FN2OS/c1-12(13-7-9-14(17)10-8-13)18-19-16(20)11-21-15-5-3-2-4-6-15/h2-10H,11H2,1H3,(H,19,20)/b18-12+. The minimum Gasteiger partial charge on any atom is -0.272 e. The number of benzene rings is 2. The summed E-state index contributed by atoms with van der Waals surface area (Å²) in [5, 5.41) is 4.02. The Morgan fingerprint density at radius 2 is 1.81 bits per heavy atom. The summed E-state index contributed by atoms with van der Waals surface area (Å²) in [7, 11) is 0. The average molecular weight is 302 g/mol. The van der Waals surface area contributed by atoms with E-state index in [0.29, 0.717) is 11.5 Å². The second-order valence-electron chi connectivity index (χ2n) is 4.34. The molecule has 0 aliphatic heterocycles. The minimum atomic E-state index is -0.296. The first-order valence-electron chi connectivity index (χ1n) is 6.42. The van der Waals surface area contributed by atoms with Gasteiger partial charge in [-0.15, -0.1) is 11.8 Å². The molecule has 0 radical (unpaired) electrons. The molecule has 2 rings (SSSR count). The van der Waals surface area contributed by atoms with Gasteiger partial charge in [-0.25, -0.2) is 9.82 Å². The molecule has 0 atom stereocenters. The van der Waals surface area contributed by atoms with Gasteiger partial charge in [0.2, 0.25) is 5.91 Å². The molecule has 0 unspecified atom stereocenters. The molecule has 3 nitrogen and oxygen atoms in total. The molecule has 0 heterocycles. The summed E-state index contributed by atoms with van der Waals surface area (Å²) in [5.41, 5.74) is 3.90. The highest BCUT2D eigenvalue weighted by atomic mass is 32.2. The lowest BCUT2D eigenvalue weighted by Gasteiger charge is -2.03. The maximum atomic E-state index is 12.8. The quantitative estimate of drug-likeness (QED) is 0.522. The van der Waals surface area contributed by atoms with Crippen molar-refractivity contribution in [2.24, 2.45) is 5.10 Å². The number of carbonyl (C=O) groups excluding carboxylic acids is 1. The number of hydrazone groups is 1. The Balaban J connectivity index is 1.85. The first-order valence-corrected chi connectivity index (χ1v) is 7.40. The number of rotatable bonds is 5. The molecule has 1 N–H and O–H groups in total. The number of nitrogens with zero attached hydrogens (tertiary/aromatic N) is 1. The number of carbonyl (C=O) groups is 1. The molecule has 108 valence electrons. The molecule has 1 amide bonds. The molecule has 0 bridgehead atoms. The van der Waals surface area contributed by atoms with Crippen LogP contribution in [-0.2, 0) is 4.79 Å². The fourth-order valence-corrected chi connectivity index (χ4v) is 2.31. The van der Waals surface area contributed by atoms with Crippen molar-refractivity contribution >= 4 is 23.4 Å². The zero-order valence-electron chi connectivity index (χ0n) is 11.5. The van der Waals surface area contributed by atoms with Crippen molar-refractivity contribution in [2.45, 2.75) is 11.8 Å². The van der Waals surface area contributed by atoms with E-state index in [-0.39, 0.29) is 11.7 Å². The van der Waals surface area contributed by atoms with E-state index >= 15 is 0 Å². The molecule has 0 aromatic heterocycles. The first kappa shape index (κ1) is 15.3. The summed E-state index contributed by atoms with van der Waals surface area (Å²) in [5.74, 6) is -0.176. The van der Waals surface area contributed by atoms with Crippen molar-refractivity contribution in [3.8, 4) is 0 Å². The van der Waals surface area contributed by atoms with Gasteiger partial charge in [0.05, 0.1) is 11.5 Å². The van der Waals surface area contributed by atoms with Crippen LogP contribution in [0.1, 0.15) is 12.5 Å². The summed E-state index contributed by atoms with van der Waals surface area (Å²) in [6, 6.07) is 15.7. The van der Waals surface area contributed by atoms with E-state index in [1.54, 1.807) is 19.1 Å². The minimum absolute atomic E-state index is 0.176. The van der Waals surface area contributed by atoms with Gasteiger partial charge in [0, 0.05) is 4.90 Å². The molecule has 0 aliphatic carbocycles. The fourth-order valence-electron chi connectivity index (χ4n) is 1.60. The largest absolute Gasteiger partial charge is 0.272 e. The lowest BCUT2D eigenvalue weighted by molar-refractivity contribution is -0.118. The summed E-state index contributed by atoms with van der Waals surface area (Å²) in [6.45, 7) is 1.76. The van der Waals surface area contributed by atoms with Crippen molar-refractivity contribution < 1.29 is 9.18 Å². The summed E-state index contributed by atoms with van der Waals surface area (Å²) < 4.78 is 12.8. The maximum Gasteiger partial charge on any atom is 0.250 e. The summed E-state index contributed by atoms with van der Waals surface area (Å²) in [6.07, 6.45) is 0. The predicted molar refractivity (Wildman–Crippen MR) is 83.9 cm³/mol. The SMILES string of the molecule is C/C(=N\NC(=O)CSc1ccccc1)c1ccc(F)cc1. The Kier molecular flexibility index (Phi) is 5.51. The van der Waals surface area contributed by atoms with Crippen LogP contribution in [-0.4, -0.2) is 17.4 Å². The third kappa shape index (κ3) is 5.04. The number of thioether (sulfide) groups is 1. The van der Waals surface area contributed by atoms with E-state index in [9.17, 15) is 9.18 Å². The van der Waals surface area contributed by atoms with Gasteiger partial charge in [-0.2, -0.15) is 5.10 Å². The number of hydrogen-bond acceptors (Lipinski definition) is 3. The number of nitrogens with one attached hydrogen (secondary N) is 1. The monoisotopic (exact) mass is 302 g/mol. The molecular weight excluding hydrogens is 287 g/mol. The van der Waals surface area contributed by atoms with Gasteiger partial charge in [0.25, 0.3) is 0 Å². The Bertz CT molecular complexity index is 626. The van der Waals surface area contributed by atoms with Crippen LogP contribution in [0.15, 0.2) is 64.6 Å². The van der Waals surface area contributed by atoms with Crippen LogP contribution in [0.2, 0.25) is 0 Å². The lowest BCUT2D eigenvalue weighted by atomic mass is 10.1. The third-order valence-electron chi connectivity index (χ3n) is 2.72. The summed E-state index contributed by atoms with van der Waals surface area (Å²) >= 11 is 1.45. The van der Waals surface area contributed by atoms with Crippen LogP contribution < -0.4 is 5.43 Å². The highest BCUT2D eigenvalue weighted by molar-refractivity contribution is 8.00. The number of hydrogen-bond donors (Lipinski definition) is 1.